The van der Waals surface area contributed by atoms with E-state index in [9.17, 15) is 0 Å². The lowest BCUT2D eigenvalue weighted by molar-refractivity contribution is 0.334. The fraction of sp³-hybridized carbons (Fsp3) is 0.727. The maximum Gasteiger partial charge on any atom is 0.0940 e. The quantitative estimate of drug-likeness (QED) is 0.837. The van der Waals surface area contributed by atoms with Crippen LogP contribution in [-0.4, -0.2) is 42.6 Å². The molecule has 0 aliphatic carbocycles. The minimum Gasteiger partial charge on any atom is -0.316 e. The van der Waals surface area contributed by atoms with Crippen molar-refractivity contribution < 1.29 is 0 Å². The summed E-state index contributed by atoms with van der Waals surface area (Å²) in [6.45, 7) is 5.65. The largest absolute Gasteiger partial charge is 0.316 e. The molecule has 0 aromatic carbocycles. The van der Waals surface area contributed by atoms with E-state index in [0.717, 1.165) is 18.7 Å². The van der Waals surface area contributed by atoms with E-state index in [1.165, 1.54) is 24.5 Å². The summed E-state index contributed by atoms with van der Waals surface area (Å²) in [7, 11) is 2.05. The van der Waals surface area contributed by atoms with Crippen LogP contribution in [0.3, 0.4) is 0 Å². The number of nitrogens with one attached hydrogen (secondary N) is 1. The number of nitrogens with zero attached hydrogens (tertiary/aromatic N) is 2. The third kappa shape index (κ3) is 3.00. The predicted molar refractivity (Wildman–Crippen MR) is 64.5 cm³/mol. The topological polar surface area (TPSA) is 28.2 Å². The molecule has 4 heteroatoms. The van der Waals surface area contributed by atoms with Crippen molar-refractivity contribution in [2.45, 2.75) is 25.8 Å². The molecule has 0 radical (unpaired) electrons. The van der Waals surface area contributed by atoms with Gasteiger partial charge in [0.2, 0.25) is 0 Å². The summed E-state index contributed by atoms with van der Waals surface area (Å²) in [4.78, 5) is 7.01. The molecule has 15 heavy (non-hydrogen) atoms. The fourth-order valence-corrected chi connectivity index (χ4v) is 2.81. The summed E-state index contributed by atoms with van der Waals surface area (Å²) in [5.74, 6) is 0. The maximum absolute atomic E-state index is 4.49. The van der Waals surface area contributed by atoms with Crippen LogP contribution in [0.5, 0.6) is 0 Å². The van der Waals surface area contributed by atoms with Gasteiger partial charge >= 0.3 is 0 Å². The van der Waals surface area contributed by atoms with Crippen molar-refractivity contribution in [3.8, 4) is 0 Å². The van der Waals surface area contributed by atoms with Crippen LogP contribution in [0.4, 0.5) is 0 Å². The summed E-state index contributed by atoms with van der Waals surface area (Å²) in [5.41, 5.74) is 1.16. The van der Waals surface area contributed by atoms with Crippen molar-refractivity contribution in [1.29, 1.82) is 0 Å². The standard InChI is InChI=1S/C11H19N3S/c1-9-8-15-11(13-9)4-6-14-5-3-10(7-14)12-2/h8,10,12H,3-7H2,1-2H3. The molecule has 1 aromatic rings. The second-order valence-corrected chi connectivity index (χ2v) is 5.15. The van der Waals surface area contributed by atoms with Crippen molar-refractivity contribution in [1.82, 2.24) is 15.2 Å². The highest BCUT2D eigenvalue weighted by molar-refractivity contribution is 7.09. The number of hydrogen-bond donors (Lipinski definition) is 1. The average molecular weight is 225 g/mol. The summed E-state index contributed by atoms with van der Waals surface area (Å²) < 4.78 is 0. The van der Waals surface area contributed by atoms with Crippen LogP contribution in [0, 0.1) is 6.92 Å². The van der Waals surface area contributed by atoms with Crippen LogP contribution >= 0.6 is 11.3 Å². The van der Waals surface area contributed by atoms with Crippen LogP contribution in [0.1, 0.15) is 17.1 Å². The number of thiazole rings is 1. The van der Waals surface area contributed by atoms with Crippen molar-refractivity contribution in [3.05, 3.63) is 16.1 Å². The summed E-state index contributed by atoms with van der Waals surface area (Å²) in [5, 5.41) is 6.75. The van der Waals surface area contributed by atoms with Gasteiger partial charge in [0, 0.05) is 36.6 Å². The van der Waals surface area contributed by atoms with Gasteiger partial charge in [-0.1, -0.05) is 0 Å². The van der Waals surface area contributed by atoms with E-state index in [1.807, 2.05) is 0 Å². The third-order valence-electron chi connectivity index (χ3n) is 2.99. The van der Waals surface area contributed by atoms with Crippen LogP contribution in [-0.2, 0) is 6.42 Å². The van der Waals surface area contributed by atoms with Gasteiger partial charge in [0.1, 0.15) is 0 Å². The minimum absolute atomic E-state index is 0.697. The molecule has 0 bridgehead atoms. The molecule has 1 atom stereocenters. The molecule has 1 aliphatic rings. The molecule has 1 fully saturated rings. The summed E-state index contributed by atoms with van der Waals surface area (Å²) in [6.07, 6.45) is 2.39. The van der Waals surface area contributed by atoms with E-state index in [2.05, 4.69) is 34.6 Å². The molecule has 0 amide bonds. The van der Waals surface area contributed by atoms with Crippen LogP contribution in [0.15, 0.2) is 5.38 Å². The summed E-state index contributed by atoms with van der Waals surface area (Å²) in [6, 6.07) is 0.697. The zero-order valence-electron chi connectivity index (χ0n) is 9.49. The molecule has 1 saturated heterocycles. The lowest BCUT2D eigenvalue weighted by Gasteiger charge is -2.14. The Labute approximate surface area is 95.5 Å². The molecular weight excluding hydrogens is 206 g/mol. The third-order valence-corrected chi connectivity index (χ3v) is 4.02. The second-order valence-electron chi connectivity index (χ2n) is 4.21. The lowest BCUT2D eigenvalue weighted by Crippen LogP contribution is -2.30. The van der Waals surface area contributed by atoms with E-state index in [1.54, 1.807) is 11.3 Å². The molecule has 1 aliphatic heterocycles. The average Bonchev–Trinajstić information content (AvgIpc) is 2.83. The van der Waals surface area contributed by atoms with Gasteiger partial charge in [-0.15, -0.1) is 11.3 Å². The molecular formula is C11H19N3S. The van der Waals surface area contributed by atoms with Crippen LogP contribution in [0.2, 0.25) is 0 Å². The van der Waals surface area contributed by atoms with E-state index >= 15 is 0 Å². The van der Waals surface area contributed by atoms with Crippen LogP contribution < -0.4 is 5.32 Å². The molecule has 1 aromatic heterocycles. The van der Waals surface area contributed by atoms with Gasteiger partial charge in [-0.05, 0) is 26.9 Å². The highest BCUT2D eigenvalue weighted by atomic mass is 32.1. The first-order valence-electron chi connectivity index (χ1n) is 5.58. The van der Waals surface area contributed by atoms with Crippen molar-refractivity contribution in [2.75, 3.05) is 26.7 Å². The van der Waals surface area contributed by atoms with E-state index in [0.29, 0.717) is 6.04 Å². The van der Waals surface area contributed by atoms with Gasteiger partial charge < -0.3 is 10.2 Å². The zero-order valence-corrected chi connectivity index (χ0v) is 10.3. The van der Waals surface area contributed by atoms with E-state index in [-0.39, 0.29) is 0 Å². The highest BCUT2D eigenvalue weighted by Crippen LogP contribution is 2.13. The van der Waals surface area contributed by atoms with Crippen molar-refractivity contribution in [2.24, 2.45) is 0 Å². The molecule has 84 valence electrons. The molecule has 0 saturated carbocycles. The first kappa shape index (κ1) is 11.0. The van der Waals surface area contributed by atoms with Gasteiger partial charge in [-0.25, -0.2) is 4.98 Å². The Morgan fingerprint density at radius 1 is 1.67 bits per heavy atom. The van der Waals surface area contributed by atoms with Gasteiger partial charge in [-0.2, -0.15) is 0 Å². The normalized spacial score (nSPS) is 22.4. The molecule has 1 unspecified atom stereocenters. The van der Waals surface area contributed by atoms with Crippen molar-refractivity contribution in [3.63, 3.8) is 0 Å². The number of hydrogen-bond acceptors (Lipinski definition) is 4. The van der Waals surface area contributed by atoms with E-state index in [4.69, 9.17) is 0 Å². The lowest BCUT2D eigenvalue weighted by atomic mass is 10.3. The molecule has 1 N–H and O–H groups in total. The SMILES string of the molecule is CNC1CCN(CCc2nc(C)cs2)C1. The maximum atomic E-state index is 4.49. The Balaban J connectivity index is 1.75. The number of aromatic nitrogens is 1. The fourth-order valence-electron chi connectivity index (χ4n) is 2.04. The molecule has 2 heterocycles. The number of aryl methyl sites for hydroxylation is 1. The number of rotatable bonds is 4. The molecule has 3 nitrogen and oxygen atoms in total. The Hall–Kier alpha value is -0.450. The molecule has 0 spiro atoms. The summed E-state index contributed by atoms with van der Waals surface area (Å²) >= 11 is 1.79. The zero-order chi connectivity index (χ0) is 10.7. The monoisotopic (exact) mass is 225 g/mol. The second kappa shape index (κ2) is 5.05. The number of likely N-dealkylation sites (tertiary alicyclic amines) is 1. The number of likely N-dealkylation sites (N-methyl/N-ethyl adjacent to an activating group) is 1. The Morgan fingerprint density at radius 3 is 3.13 bits per heavy atom. The molecule has 2 rings (SSSR count). The smallest absolute Gasteiger partial charge is 0.0940 e. The van der Waals surface area contributed by atoms with Gasteiger partial charge in [0.05, 0.1) is 5.01 Å². The minimum atomic E-state index is 0.697. The Morgan fingerprint density at radius 2 is 2.53 bits per heavy atom. The van der Waals surface area contributed by atoms with E-state index < -0.39 is 0 Å². The first-order chi connectivity index (χ1) is 7.28. The van der Waals surface area contributed by atoms with Gasteiger partial charge in [-0.3, -0.25) is 0 Å². The Bertz CT molecular complexity index is 311. The van der Waals surface area contributed by atoms with Gasteiger partial charge in [0.25, 0.3) is 0 Å². The Kier molecular flexibility index (Phi) is 3.72. The first-order valence-corrected chi connectivity index (χ1v) is 6.46. The van der Waals surface area contributed by atoms with Gasteiger partial charge in [0.15, 0.2) is 0 Å². The highest BCUT2D eigenvalue weighted by Gasteiger charge is 2.20. The van der Waals surface area contributed by atoms with Crippen LogP contribution in [0.25, 0.3) is 0 Å². The van der Waals surface area contributed by atoms with Crippen molar-refractivity contribution >= 4 is 11.3 Å². The predicted octanol–water partition coefficient (Wildman–Crippen LogP) is 1.29.